The van der Waals surface area contributed by atoms with Crippen LogP contribution in [0.1, 0.15) is 25.7 Å². The molecule has 6 heteroatoms. The normalized spacial score (nSPS) is 35.2. The fraction of sp³-hybridized carbons (Fsp3) is 0.923. The first-order chi connectivity index (χ1) is 9.05. The molecule has 4 nitrogen and oxygen atoms in total. The Morgan fingerprint density at radius 1 is 1.21 bits per heavy atom. The standard InChI is InChI=1S/C13H21F2N3O/c14-13(15)7-11(16-9-13)12(19)18-6-5-17-4-2-1-3-10(17)8-18/h10-11,16H,1-9H2. The lowest BCUT2D eigenvalue weighted by Gasteiger charge is -2.44. The summed E-state index contributed by atoms with van der Waals surface area (Å²) in [5.41, 5.74) is 0. The van der Waals surface area contributed by atoms with Crippen molar-refractivity contribution in [1.29, 1.82) is 0 Å². The molecule has 3 fully saturated rings. The van der Waals surface area contributed by atoms with Crippen LogP contribution in [0, 0.1) is 0 Å². The molecule has 3 rings (SSSR count). The third-order valence-electron chi connectivity index (χ3n) is 4.56. The molecule has 3 aliphatic heterocycles. The molecule has 1 amide bonds. The van der Waals surface area contributed by atoms with Crippen LogP contribution >= 0.6 is 0 Å². The monoisotopic (exact) mass is 273 g/mol. The van der Waals surface area contributed by atoms with Crippen molar-refractivity contribution in [1.82, 2.24) is 15.1 Å². The number of fused-ring (bicyclic) bond motifs is 1. The van der Waals surface area contributed by atoms with Crippen LogP contribution in [0.2, 0.25) is 0 Å². The molecule has 0 bridgehead atoms. The average molecular weight is 273 g/mol. The summed E-state index contributed by atoms with van der Waals surface area (Å²) in [7, 11) is 0. The van der Waals surface area contributed by atoms with Crippen LogP contribution in [0.15, 0.2) is 0 Å². The van der Waals surface area contributed by atoms with Gasteiger partial charge in [0.1, 0.15) is 0 Å². The maximum atomic E-state index is 13.1. The molecule has 0 radical (unpaired) electrons. The van der Waals surface area contributed by atoms with Crippen LogP contribution in [0.3, 0.4) is 0 Å². The number of alkyl halides is 2. The molecule has 2 unspecified atom stereocenters. The molecular formula is C13H21F2N3O. The number of amides is 1. The molecule has 3 heterocycles. The zero-order valence-corrected chi connectivity index (χ0v) is 11.1. The average Bonchev–Trinajstić information content (AvgIpc) is 2.78. The number of hydrogen-bond acceptors (Lipinski definition) is 3. The number of carbonyl (C=O) groups is 1. The Bertz CT molecular complexity index is 364. The Morgan fingerprint density at radius 2 is 2.05 bits per heavy atom. The van der Waals surface area contributed by atoms with E-state index in [2.05, 4.69) is 10.2 Å². The summed E-state index contributed by atoms with van der Waals surface area (Å²) in [4.78, 5) is 16.5. The zero-order valence-electron chi connectivity index (χ0n) is 11.1. The molecule has 0 aliphatic carbocycles. The highest BCUT2D eigenvalue weighted by atomic mass is 19.3. The first-order valence-electron chi connectivity index (χ1n) is 7.19. The summed E-state index contributed by atoms with van der Waals surface area (Å²) >= 11 is 0. The Morgan fingerprint density at radius 3 is 2.79 bits per heavy atom. The van der Waals surface area contributed by atoms with Gasteiger partial charge in [0.25, 0.3) is 5.92 Å². The topological polar surface area (TPSA) is 35.6 Å². The second-order valence-electron chi connectivity index (χ2n) is 5.96. The quantitative estimate of drug-likeness (QED) is 0.763. The highest BCUT2D eigenvalue weighted by Crippen LogP contribution is 2.27. The Hall–Kier alpha value is -0.750. The van der Waals surface area contributed by atoms with E-state index in [1.807, 2.05) is 0 Å². The minimum absolute atomic E-state index is 0.137. The second-order valence-corrected chi connectivity index (χ2v) is 5.96. The molecule has 3 saturated heterocycles. The van der Waals surface area contributed by atoms with Gasteiger partial charge in [-0.15, -0.1) is 0 Å². The summed E-state index contributed by atoms with van der Waals surface area (Å²) in [5.74, 6) is -2.87. The number of nitrogens with zero attached hydrogens (tertiary/aromatic N) is 2. The second kappa shape index (κ2) is 4.98. The Balaban J connectivity index is 1.59. The molecule has 108 valence electrons. The van der Waals surface area contributed by atoms with E-state index in [9.17, 15) is 13.6 Å². The van der Waals surface area contributed by atoms with Gasteiger partial charge in [0.15, 0.2) is 0 Å². The predicted molar refractivity (Wildman–Crippen MR) is 67.1 cm³/mol. The number of rotatable bonds is 1. The summed E-state index contributed by atoms with van der Waals surface area (Å²) in [6.07, 6.45) is 3.22. The molecule has 0 saturated carbocycles. The van der Waals surface area contributed by atoms with Crippen molar-refractivity contribution in [2.24, 2.45) is 0 Å². The van der Waals surface area contributed by atoms with E-state index < -0.39 is 12.0 Å². The third kappa shape index (κ3) is 2.74. The van der Waals surface area contributed by atoms with Gasteiger partial charge in [0, 0.05) is 32.1 Å². The van der Waals surface area contributed by atoms with E-state index in [4.69, 9.17) is 0 Å². The summed E-state index contributed by atoms with van der Waals surface area (Å²) in [6, 6.07) is -0.251. The van der Waals surface area contributed by atoms with E-state index in [1.54, 1.807) is 4.90 Å². The number of piperidine rings is 1. The van der Waals surface area contributed by atoms with Crippen molar-refractivity contribution in [3.05, 3.63) is 0 Å². The van der Waals surface area contributed by atoms with Gasteiger partial charge >= 0.3 is 0 Å². The lowest BCUT2D eigenvalue weighted by Crippen LogP contribution is -2.58. The Kier molecular flexibility index (Phi) is 3.47. The van der Waals surface area contributed by atoms with Gasteiger partial charge < -0.3 is 4.90 Å². The molecule has 0 aromatic carbocycles. The Labute approximate surface area is 112 Å². The van der Waals surface area contributed by atoms with Crippen molar-refractivity contribution in [2.45, 2.75) is 43.7 Å². The predicted octanol–water partition coefficient (Wildman–Crippen LogP) is 0.680. The lowest BCUT2D eigenvalue weighted by atomic mass is 9.99. The van der Waals surface area contributed by atoms with Gasteiger partial charge in [-0.25, -0.2) is 8.78 Å². The number of nitrogens with one attached hydrogen (secondary N) is 1. The SMILES string of the molecule is O=C(C1CC(F)(F)CN1)N1CCN2CCCCC2C1. The van der Waals surface area contributed by atoms with Crippen LogP contribution in [-0.4, -0.2) is 66.4 Å². The van der Waals surface area contributed by atoms with Gasteiger partial charge in [-0.1, -0.05) is 6.42 Å². The van der Waals surface area contributed by atoms with Crippen molar-refractivity contribution < 1.29 is 13.6 Å². The highest BCUT2D eigenvalue weighted by molar-refractivity contribution is 5.82. The van der Waals surface area contributed by atoms with E-state index in [0.717, 1.165) is 19.5 Å². The van der Waals surface area contributed by atoms with E-state index in [-0.39, 0.29) is 18.9 Å². The van der Waals surface area contributed by atoms with Gasteiger partial charge in [-0.3, -0.25) is 15.0 Å². The van der Waals surface area contributed by atoms with Crippen molar-refractivity contribution in [3.63, 3.8) is 0 Å². The van der Waals surface area contributed by atoms with Gasteiger partial charge in [-0.05, 0) is 19.4 Å². The summed E-state index contributed by atoms with van der Waals surface area (Å²) in [6.45, 7) is 3.03. The molecule has 1 N–H and O–H groups in total. The zero-order chi connectivity index (χ0) is 13.5. The number of carbonyl (C=O) groups excluding carboxylic acids is 1. The fourth-order valence-corrected chi connectivity index (χ4v) is 3.47. The molecule has 19 heavy (non-hydrogen) atoms. The van der Waals surface area contributed by atoms with Crippen molar-refractivity contribution in [3.8, 4) is 0 Å². The summed E-state index contributed by atoms with van der Waals surface area (Å²) in [5, 5.41) is 2.66. The number of halogens is 2. The first-order valence-corrected chi connectivity index (χ1v) is 7.19. The van der Waals surface area contributed by atoms with Crippen LogP contribution in [-0.2, 0) is 4.79 Å². The smallest absolute Gasteiger partial charge is 0.262 e. The maximum absolute atomic E-state index is 13.1. The lowest BCUT2D eigenvalue weighted by molar-refractivity contribution is -0.137. The van der Waals surface area contributed by atoms with E-state index >= 15 is 0 Å². The van der Waals surface area contributed by atoms with Crippen LogP contribution < -0.4 is 5.32 Å². The minimum atomic E-state index is -2.73. The maximum Gasteiger partial charge on any atom is 0.262 e. The molecule has 2 atom stereocenters. The molecule has 0 spiro atoms. The molecular weight excluding hydrogens is 252 g/mol. The van der Waals surface area contributed by atoms with Gasteiger partial charge in [0.05, 0.1) is 12.6 Å². The minimum Gasteiger partial charge on any atom is -0.338 e. The fourth-order valence-electron chi connectivity index (χ4n) is 3.47. The van der Waals surface area contributed by atoms with Crippen LogP contribution in [0.25, 0.3) is 0 Å². The van der Waals surface area contributed by atoms with E-state index in [0.29, 0.717) is 19.1 Å². The van der Waals surface area contributed by atoms with Crippen LogP contribution in [0.4, 0.5) is 8.78 Å². The third-order valence-corrected chi connectivity index (χ3v) is 4.56. The number of hydrogen-bond donors (Lipinski definition) is 1. The van der Waals surface area contributed by atoms with E-state index in [1.165, 1.54) is 12.8 Å². The summed E-state index contributed by atoms with van der Waals surface area (Å²) < 4.78 is 26.3. The largest absolute Gasteiger partial charge is 0.338 e. The van der Waals surface area contributed by atoms with Gasteiger partial charge in [-0.2, -0.15) is 0 Å². The molecule has 0 aromatic rings. The van der Waals surface area contributed by atoms with Crippen LogP contribution in [0.5, 0.6) is 0 Å². The van der Waals surface area contributed by atoms with Crippen molar-refractivity contribution in [2.75, 3.05) is 32.7 Å². The highest BCUT2D eigenvalue weighted by Gasteiger charge is 2.44. The molecule has 0 aromatic heterocycles. The first kappa shape index (κ1) is 13.2. The van der Waals surface area contributed by atoms with Gasteiger partial charge in [0.2, 0.25) is 5.91 Å². The molecule has 3 aliphatic rings. The number of piperazine rings is 1. The van der Waals surface area contributed by atoms with Crippen molar-refractivity contribution >= 4 is 5.91 Å².